The molecule has 0 atom stereocenters. The summed E-state index contributed by atoms with van der Waals surface area (Å²) in [5, 5.41) is 10.9. The molecule has 1 aromatic carbocycles. The third kappa shape index (κ3) is 3.53. The van der Waals surface area contributed by atoms with E-state index in [9.17, 15) is 14.0 Å². The molecule has 0 spiro atoms. The maximum atomic E-state index is 12.8. The summed E-state index contributed by atoms with van der Waals surface area (Å²) in [5.74, 6) is -2.24. The third-order valence-electron chi connectivity index (χ3n) is 1.70. The molecule has 4 nitrogen and oxygen atoms in total. The fraction of sp³-hybridized carbons (Fsp3) is 0.0909. The van der Waals surface area contributed by atoms with Gasteiger partial charge in [0.15, 0.2) is 0 Å². The standard InChI is InChI=1S/C11H10FNO3/c1-7(14)13-10(11(15)16)6-8-3-2-4-9(12)5-8/h2-6H,1H3,(H,13,14)(H,15,16). The molecule has 0 heterocycles. The molecule has 0 unspecified atom stereocenters. The molecule has 5 heteroatoms. The van der Waals surface area contributed by atoms with Crippen LogP contribution in [0.5, 0.6) is 0 Å². The molecule has 0 radical (unpaired) electrons. The summed E-state index contributed by atoms with van der Waals surface area (Å²) < 4.78 is 12.8. The van der Waals surface area contributed by atoms with Crippen LogP contribution in [0.1, 0.15) is 12.5 Å². The van der Waals surface area contributed by atoms with Crippen molar-refractivity contribution >= 4 is 18.0 Å². The molecule has 1 rings (SSSR count). The Morgan fingerprint density at radius 2 is 2.12 bits per heavy atom. The summed E-state index contributed by atoms with van der Waals surface area (Å²) in [6.07, 6.45) is 1.19. The molecule has 0 aliphatic carbocycles. The molecule has 16 heavy (non-hydrogen) atoms. The first-order valence-corrected chi connectivity index (χ1v) is 4.47. The highest BCUT2D eigenvalue weighted by Gasteiger charge is 2.08. The number of carbonyl (C=O) groups is 2. The lowest BCUT2D eigenvalue weighted by Crippen LogP contribution is -2.24. The Labute approximate surface area is 91.4 Å². The summed E-state index contributed by atoms with van der Waals surface area (Å²) in [5.41, 5.74) is 0.0734. The van der Waals surface area contributed by atoms with E-state index >= 15 is 0 Å². The van der Waals surface area contributed by atoms with Gasteiger partial charge >= 0.3 is 5.97 Å². The minimum atomic E-state index is -1.28. The van der Waals surface area contributed by atoms with E-state index in [1.54, 1.807) is 0 Å². The van der Waals surface area contributed by atoms with Gasteiger partial charge < -0.3 is 10.4 Å². The summed E-state index contributed by atoms with van der Waals surface area (Å²) in [4.78, 5) is 21.5. The van der Waals surface area contributed by atoms with Gasteiger partial charge in [-0.1, -0.05) is 12.1 Å². The number of halogens is 1. The van der Waals surface area contributed by atoms with Gasteiger partial charge in [-0.25, -0.2) is 9.18 Å². The number of carbonyl (C=O) groups excluding carboxylic acids is 1. The average molecular weight is 223 g/mol. The van der Waals surface area contributed by atoms with E-state index in [4.69, 9.17) is 5.11 Å². The number of carboxylic acid groups (broad SMARTS) is 1. The average Bonchev–Trinajstić information content (AvgIpc) is 2.15. The predicted molar refractivity (Wildman–Crippen MR) is 55.8 cm³/mol. The molecule has 0 fully saturated rings. The number of rotatable bonds is 3. The van der Waals surface area contributed by atoms with Crippen LogP contribution in [0.2, 0.25) is 0 Å². The Kier molecular flexibility index (Phi) is 3.77. The van der Waals surface area contributed by atoms with Crippen LogP contribution in [-0.2, 0) is 9.59 Å². The number of amides is 1. The Morgan fingerprint density at radius 3 is 2.62 bits per heavy atom. The molecular weight excluding hydrogens is 213 g/mol. The van der Waals surface area contributed by atoms with Crippen LogP contribution < -0.4 is 5.32 Å². The van der Waals surface area contributed by atoms with E-state index in [2.05, 4.69) is 5.32 Å². The van der Waals surface area contributed by atoms with E-state index < -0.39 is 17.7 Å². The monoisotopic (exact) mass is 223 g/mol. The Morgan fingerprint density at radius 1 is 1.44 bits per heavy atom. The van der Waals surface area contributed by atoms with Gasteiger partial charge in [-0.05, 0) is 23.8 Å². The Hall–Kier alpha value is -2.17. The SMILES string of the molecule is CC(=O)NC(=Cc1cccc(F)c1)C(=O)O. The second-order valence-electron chi connectivity index (χ2n) is 3.10. The number of hydrogen-bond acceptors (Lipinski definition) is 2. The molecule has 84 valence electrons. The zero-order chi connectivity index (χ0) is 12.1. The van der Waals surface area contributed by atoms with E-state index in [1.165, 1.54) is 37.3 Å². The zero-order valence-corrected chi connectivity index (χ0v) is 8.53. The number of nitrogens with one attached hydrogen (secondary N) is 1. The summed E-state index contributed by atoms with van der Waals surface area (Å²) in [7, 11) is 0. The van der Waals surface area contributed by atoms with E-state index in [-0.39, 0.29) is 5.70 Å². The van der Waals surface area contributed by atoms with Crippen molar-refractivity contribution in [2.45, 2.75) is 6.92 Å². The fourth-order valence-corrected chi connectivity index (χ4v) is 1.10. The van der Waals surface area contributed by atoms with Crippen molar-refractivity contribution < 1.29 is 19.1 Å². The largest absolute Gasteiger partial charge is 0.477 e. The second kappa shape index (κ2) is 5.06. The van der Waals surface area contributed by atoms with Crippen LogP contribution in [0.4, 0.5) is 4.39 Å². The lowest BCUT2D eigenvalue weighted by molar-refractivity contribution is -0.134. The first kappa shape index (κ1) is 11.9. The van der Waals surface area contributed by atoms with E-state index in [0.717, 1.165) is 0 Å². The lowest BCUT2D eigenvalue weighted by Gasteiger charge is -2.02. The molecule has 2 N–H and O–H groups in total. The van der Waals surface area contributed by atoms with Gasteiger partial charge in [-0.15, -0.1) is 0 Å². The third-order valence-corrected chi connectivity index (χ3v) is 1.70. The topological polar surface area (TPSA) is 66.4 Å². The van der Waals surface area contributed by atoms with Gasteiger partial charge in [0.1, 0.15) is 11.5 Å². The summed E-state index contributed by atoms with van der Waals surface area (Å²) >= 11 is 0. The first-order valence-electron chi connectivity index (χ1n) is 4.47. The summed E-state index contributed by atoms with van der Waals surface area (Å²) in [6.45, 7) is 1.20. The highest BCUT2D eigenvalue weighted by Crippen LogP contribution is 2.07. The van der Waals surface area contributed by atoms with Crippen LogP contribution in [0.25, 0.3) is 6.08 Å². The van der Waals surface area contributed by atoms with Crippen molar-refractivity contribution in [2.75, 3.05) is 0 Å². The number of benzene rings is 1. The first-order chi connectivity index (χ1) is 7.49. The predicted octanol–water partition coefficient (Wildman–Crippen LogP) is 1.39. The quantitative estimate of drug-likeness (QED) is 0.761. The molecule has 1 aromatic rings. The molecule has 0 aliphatic heterocycles. The fourth-order valence-electron chi connectivity index (χ4n) is 1.10. The van der Waals surface area contributed by atoms with Crippen LogP contribution >= 0.6 is 0 Å². The molecule has 0 aromatic heterocycles. The van der Waals surface area contributed by atoms with Crippen LogP contribution in [-0.4, -0.2) is 17.0 Å². The van der Waals surface area contributed by atoms with Crippen molar-refractivity contribution in [3.8, 4) is 0 Å². The van der Waals surface area contributed by atoms with E-state index in [0.29, 0.717) is 5.56 Å². The van der Waals surface area contributed by atoms with Gasteiger partial charge in [0.2, 0.25) is 5.91 Å². The van der Waals surface area contributed by atoms with Crippen LogP contribution in [0.15, 0.2) is 30.0 Å². The van der Waals surface area contributed by atoms with E-state index in [1.807, 2.05) is 0 Å². The number of hydrogen-bond donors (Lipinski definition) is 2. The van der Waals surface area contributed by atoms with Crippen LogP contribution in [0, 0.1) is 5.82 Å². The Balaban J connectivity index is 3.02. The number of aliphatic carboxylic acids is 1. The second-order valence-corrected chi connectivity index (χ2v) is 3.10. The van der Waals surface area contributed by atoms with Crippen molar-refractivity contribution in [3.63, 3.8) is 0 Å². The summed E-state index contributed by atoms with van der Waals surface area (Å²) in [6, 6.07) is 5.41. The van der Waals surface area contributed by atoms with Gasteiger partial charge in [0.05, 0.1) is 0 Å². The maximum absolute atomic E-state index is 12.8. The lowest BCUT2D eigenvalue weighted by atomic mass is 10.2. The van der Waals surface area contributed by atoms with Gasteiger partial charge in [0, 0.05) is 6.92 Å². The molecule has 1 amide bonds. The van der Waals surface area contributed by atoms with Crippen molar-refractivity contribution in [2.24, 2.45) is 0 Å². The minimum absolute atomic E-state index is 0.293. The van der Waals surface area contributed by atoms with Gasteiger partial charge in [-0.2, -0.15) is 0 Å². The number of carboxylic acids is 1. The molecule has 0 aliphatic rings. The minimum Gasteiger partial charge on any atom is -0.477 e. The van der Waals surface area contributed by atoms with Crippen LogP contribution in [0.3, 0.4) is 0 Å². The zero-order valence-electron chi connectivity index (χ0n) is 8.53. The highest BCUT2D eigenvalue weighted by molar-refractivity contribution is 5.96. The molecule has 0 bridgehead atoms. The molecule has 0 saturated carbocycles. The van der Waals surface area contributed by atoms with Gasteiger partial charge in [-0.3, -0.25) is 4.79 Å². The Bertz CT molecular complexity index is 454. The van der Waals surface area contributed by atoms with Gasteiger partial charge in [0.25, 0.3) is 0 Å². The smallest absolute Gasteiger partial charge is 0.352 e. The molecular formula is C11H10FNO3. The maximum Gasteiger partial charge on any atom is 0.352 e. The van der Waals surface area contributed by atoms with Crippen molar-refractivity contribution in [1.82, 2.24) is 5.32 Å². The molecule has 0 saturated heterocycles. The highest BCUT2D eigenvalue weighted by atomic mass is 19.1. The van der Waals surface area contributed by atoms with Crippen molar-refractivity contribution in [3.05, 3.63) is 41.3 Å². The van der Waals surface area contributed by atoms with Crippen molar-refractivity contribution in [1.29, 1.82) is 0 Å². The normalized spacial score (nSPS) is 11.0.